The molecule has 1 aromatic carbocycles. The minimum atomic E-state index is -0.440. The van der Waals surface area contributed by atoms with E-state index in [1.54, 1.807) is 6.20 Å². The van der Waals surface area contributed by atoms with Crippen LogP contribution in [0.4, 0.5) is 14.5 Å². The van der Waals surface area contributed by atoms with Crippen molar-refractivity contribution < 1.29 is 8.78 Å². The molecule has 1 aromatic heterocycles. The van der Waals surface area contributed by atoms with E-state index in [9.17, 15) is 8.78 Å². The van der Waals surface area contributed by atoms with Crippen molar-refractivity contribution in [3.63, 3.8) is 0 Å². The molecule has 0 amide bonds. The summed E-state index contributed by atoms with van der Waals surface area (Å²) in [5.41, 5.74) is 1.86. The lowest BCUT2D eigenvalue weighted by Gasteiger charge is -2.33. The highest BCUT2D eigenvalue weighted by Gasteiger charge is 2.36. The van der Waals surface area contributed by atoms with E-state index in [0.717, 1.165) is 37.5 Å². The Kier molecular flexibility index (Phi) is 3.53. The average molecular weight is 315 g/mol. The van der Waals surface area contributed by atoms with Crippen LogP contribution in [0.25, 0.3) is 11.1 Å². The molecule has 2 aromatic rings. The number of hydrogen-bond acceptors (Lipinski definition) is 3. The molecule has 2 saturated heterocycles. The molecule has 2 aliphatic rings. The molecule has 5 heteroatoms. The Labute approximate surface area is 134 Å². The fourth-order valence-electron chi connectivity index (χ4n) is 3.86. The van der Waals surface area contributed by atoms with Crippen LogP contribution < -0.4 is 4.90 Å². The number of rotatable bonds is 2. The number of hydrogen-bond donors (Lipinski definition) is 0. The third-order valence-electron chi connectivity index (χ3n) is 5.01. The highest BCUT2D eigenvalue weighted by atomic mass is 19.1. The molecule has 3 heterocycles. The standard InChI is InChI=1S/C18H19F2N3/c1-22-9-12-4-16(22)11-23(10-12)15-5-13(7-21-8-15)17-6-14(19)2-3-18(17)20/h2-3,5-8,12,16H,4,9-11H2,1H3. The molecule has 2 unspecified atom stereocenters. The van der Waals surface area contributed by atoms with Crippen molar-refractivity contribution in [2.24, 2.45) is 5.92 Å². The van der Waals surface area contributed by atoms with E-state index in [2.05, 4.69) is 21.8 Å². The van der Waals surface area contributed by atoms with Gasteiger partial charge in [0.1, 0.15) is 11.6 Å². The van der Waals surface area contributed by atoms with Crippen LogP contribution >= 0.6 is 0 Å². The maximum absolute atomic E-state index is 14.0. The van der Waals surface area contributed by atoms with Gasteiger partial charge in [-0.1, -0.05) is 0 Å². The van der Waals surface area contributed by atoms with Crippen molar-refractivity contribution in [1.29, 1.82) is 0 Å². The third-order valence-corrected chi connectivity index (χ3v) is 5.01. The van der Waals surface area contributed by atoms with Crippen molar-refractivity contribution in [3.05, 3.63) is 48.3 Å². The van der Waals surface area contributed by atoms with Crippen molar-refractivity contribution in [2.45, 2.75) is 12.5 Å². The van der Waals surface area contributed by atoms with E-state index in [-0.39, 0.29) is 5.56 Å². The molecule has 4 rings (SSSR count). The number of likely N-dealkylation sites (N-methyl/N-ethyl adjacent to an activating group) is 1. The van der Waals surface area contributed by atoms with Gasteiger partial charge in [0, 0.05) is 43.0 Å². The minimum absolute atomic E-state index is 0.261. The SMILES string of the molecule is CN1CC2CC1CN(c1cncc(-c3cc(F)ccc3F)c1)C2. The number of nitrogens with zero attached hydrogens (tertiary/aromatic N) is 3. The van der Waals surface area contributed by atoms with Gasteiger partial charge >= 0.3 is 0 Å². The van der Waals surface area contributed by atoms with E-state index < -0.39 is 11.6 Å². The molecular weight excluding hydrogens is 296 g/mol. The van der Waals surface area contributed by atoms with E-state index in [1.165, 1.54) is 12.5 Å². The molecular formula is C18H19F2N3. The number of benzene rings is 1. The van der Waals surface area contributed by atoms with Gasteiger partial charge in [0.2, 0.25) is 0 Å². The van der Waals surface area contributed by atoms with Gasteiger partial charge in [-0.05, 0) is 43.7 Å². The smallest absolute Gasteiger partial charge is 0.131 e. The number of pyridine rings is 1. The van der Waals surface area contributed by atoms with Gasteiger partial charge in [-0.3, -0.25) is 4.98 Å². The van der Waals surface area contributed by atoms with Gasteiger partial charge in [0.25, 0.3) is 0 Å². The van der Waals surface area contributed by atoms with Crippen molar-refractivity contribution in [2.75, 3.05) is 31.6 Å². The average Bonchev–Trinajstić information content (AvgIpc) is 2.82. The Bertz CT molecular complexity index is 732. The Morgan fingerprint density at radius 2 is 1.96 bits per heavy atom. The maximum atomic E-state index is 14.0. The predicted molar refractivity (Wildman–Crippen MR) is 86.3 cm³/mol. The first-order valence-corrected chi connectivity index (χ1v) is 7.96. The van der Waals surface area contributed by atoms with Crippen LogP contribution in [0, 0.1) is 17.6 Å². The molecule has 2 atom stereocenters. The summed E-state index contributed by atoms with van der Waals surface area (Å²) < 4.78 is 27.4. The van der Waals surface area contributed by atoms with Gasteiger partial charge < -0.3 is 9.80 Å². The lowest BCUT2D eigenvalue weighted by molar-refractivity contribution is 0.317. The largest absolute Gasteiger partial charge is 0.368 e. The maximum Gasteiger partial charge on any atom is 0.131 e. The van der Waals surface area contributed by atoms with Gasteiger partial charge in [0.15, 0.2) is 0 Å². The van der Waals surface area contributed by atoms with Crippen LogP contribution in [-0.4, -0.2) is 42.6 Å². The molecule has 120 valence electrons. The fraction of sp³-hybridized carbons (Fsp3) is 0.389. The number of anilines is 1. The summed E-state index contributed by atoms with van der Waals surface area (Å²) in [6, 6.07) is 6.00. The summed E-state index contributed by atoms with van der Waals surface area (Å²) in [6.07, 6.45) is 4.65. The lowest BCUT2D eigenvalue weighted by Crippen LogP contribution is -2.41. The molecule has 23 heavy (non-hydrogen) atoms. The summed E-state index contributed by atoms with van der Waals surface area (Å²) in [5, 5.41) is 0. The monoisotopic (exact) mass is 315 g/mol. The first-order valence-electron chi connectivity index (χ1n) is 7.96. The quantitative estimate of drug-likeness (QED) is 0.848. The molecule has 2 fully saturated rings. The fourth-order valence-corrected chi connectivity index (χ4v) is 3.86. The van der Waals surface area contributed by atoms with Gasteiger partial charge in [-0.15, -0.1) is 0 Å². The second-order valence-electron chi connectivity index (χ2n) is 6.66. The number of aromatic nitrogens is 1. The number of fused-ring (bicyclic) bond motifs is 2. The summed E-state index contributed by atoms with van der Waals surface area (Å²) in [4.78, 5) is 8.98. The molecule has 3 nitrogen and oxygen atoms in total. The number of likely N-dealkylation sites (tertiary alicyclic amines) is 1. The summed E-state index contributed by atoms with van der Waals surface area (Å²) >= 11 is 0. The van der Waals surface area contributed by atoms with Crippen molar-refractivity contribution in [3.8, 4) is 11.1 Å². The zero-order valence-corrected chi connectivity index (χ0v) is 13.0. The molecule has 0 aliphatic carbocycles. The second kappa shape index (κ2) is 5.57. The van der Waals surface area contributed by atoms with Crippen molar-refractivity contribution >= 4 is 5.69 Å². The highest BCUT2D eigenvalue weighted by Crippen LogP contribution is 2.33. The van der Waals surface area contributed by atoms with Crippen molar-refractivity contribution in [1.82, 2.24) is 9.88 Å². The van der Waals surface area contributed by atoms with Crippen LogP contribution in [0.2, 0.25) is 0 Å². The zero-order valence-electron chi connectivity index (χ0n) is 13.0. The second-order valence-corrected chi connectivity index (χ2v) is 6.66. The Morgan fingerprint density at radius 1 is 1.09 bits per heavy atom. The summed E-state index contributed by atoms with van der Waals surface area (Å²) in [6.45, 7) is 3.09. The van der Waals surface area contributed by atoms with Gasteiger partial charge in [-0.2, -0.15) is 0 Å². The lowest BCUT2D eigenvalue weighted by atomic mass is 9.99. The van der Waals surface area contributed by atoms with E-state index in [0.29, 0.717) is 17.5 Å². The molecule has 0 spiro atoms. The number of piperidine rings is 1. The molecule has 2 bridgehead atoms. The van der Waals surface area contributed by atoms with Crippen LogP contribution in [0.1, 0.15) is 6.42 Å². The molecule has 2 aliphatic heterocycles. The summed E-state index contributed by atoms with van der Waals surface area (Å²) in [5.74, 6) is -0.193. The molecule has 0 saturated carbocycles. The zero-order chi connectivity index (χ0) is 16.0. The van der Waals surface area contributed by atoms with Crippen LogP contribution in [0.5, 0.6) is 0 Å². The van der Waals surface area contributed by atoms with E-state index >= 15 is 0 Å². The minimum Gasteiger partial charge on any atom is -0.368 e. The van der Waals surface area contributed by atoms with Crippen LogP contribution in [-0.2, 0) is 0 Å². The third kappa shape index (κ3) is 2.70. The van der Waals surface area contributed by atoms with E-state index in [4.69, 9.17) is 0 Å². The first kappa shape index (κ1) is 14.6. The molecule has 0 radical (unpaired) electrons. The first-order chi connectivity index (χ1) is 11.1. The molecule has 0 N–H and O–H groups in total. The predicted octanol–water partition coefficient (Wildman–Crippen LogP) is 3.17. The van der Waals surface area contributed by atoms with Crippen LogP contribution in [0.15, 0.2) is 36.7 Å². The highest BCUT2D eigenvalue weighted by molar-refractivity contribution is 5.68. The van der Waals surface area contributed by atoms with Crippen LogP contribution in [0.3, 0.4) is 0 Å². The normalized spacial score (nSPS) is 24.2. The van der Waals surface area contributed by atoms with E-state index in [1.807, 2.05) is 12.3 Å². The van der Waals surface area contributed by atoms with Gasteiger partial charge in [0.05, 0.1) is 11.9 Å². The summed E-state index contributed by atoms with van der Waals surface area (Å²) in [7, 11) is 2.17. The Hall–Kier alpha value is -2.01. The van der Waals surface area contributed by atoms with Gasteiger partial charge in [-0.25, -0.2) is 8.78 Å². The number of halogens is 2. The Balaban J connectivity index is 1.66. The Morgan fingerprint density at radius 3 is 2.78 bits per heavy atom. The topological polar surface area (TPSA) is 19.4 Å².